The summed E-state index contributed by atoms with van der Waals surface area (Å²) in [6.07, 6.45) is 0. The van der Waals surface area contributed by atoms with Crippen LogP contribution in [0.2, 0.25) is 0 Å². The molecule has 60 valence electrons. The number of anilines is 2. The maximum absolute atomic E-state index is 5.75. The van der Waals surface area contributed by atoms with Gasteiger partial charge < -0.3 is 10.6 Å². The Hall–Kier alpha value is -0.450. The molecular formula is C8H11IN2. The van der Waals surface area contributed by atoms with E-state index < -0.39 is 0 Å². The molecule has 0 aromatic heterocycles. The van der Waals surface area contributed by atoms with E-state index in [-0.39, 0.29) is 0 Å². The van der Waals surface area contributed by atoms with E-state index in [2.05, 4.69) is 28.7 Å². The molecule has 0 bridgehead atoms. The van der Waals surface area contributed by atoms with Crippen molar-refractivity contribution in [3.8, 4) is 0 Å². The smallest absolute Gasteiger partial charge is 0.0605 e. The fraction of sp³-hybridized carbons (Fsp3) is 0.250. The predicted molar refractivity (Wildman–Crippen MR) is 57.9 cm³/mol. The van der Waals surface area contributed by atoms with Crippen LogP contribution in [-0.2, 0) is 0 Å². The van der Waals surface area contributed by atoms with Crippen molar-refractivity contribution in [2.75, 3.05) is 24.7 Å². The number of hydrogen-bond acceptors (Lipinski definition) is 2. The lowest BCUT2D eigenvalue weighted by Gasteiger charge is -2.14. The summed E-state index contributed by atoms with van der Waals surface area (Å²) in [6, 6.07) is 6.00. The van der Waals surface area contributed by atoms with Crippen molar-refractivity contribution >= 4 is 34.0 Å². The van der Waals surface area contributed by atoms with E-state index in [1.165, 1.54) is 3.57 Å². The molecule has 0 aliphatic carbocycles. The number of benzene rings is 1. The summed E-state index contributed by atoms with van der Waals surface area (Å²) in [5.74, 6) is 0. The third-order valence-electron chi connectivity index (χ3n) is 1.47. The molecule has 3 heteroatoms. The average molecular weight is 262 g/mol. The lowest BCUT2D eigenvalue weighted by atomic mass is 10.2. The molecule has 0 spiro atoms. The molecule has 1 aromatic rings. The Balaban J connectivity index is 3.13. The van der Waals surface area contributed by atoms with Gasteiger partial charge in [0.15, 0.2) is 0 Å². The van der Waals surface area contributed by atoms with Crippen LogP contribution in [0.3, 0.4) is 0 Å². The minimum atomic E-state index is 0.829. The van der Waals surface area contributed by atoms with Gasteiger partial charge in [-0.1, -0.05) is 0 Å². The second kappa shape index (κ2) is 3.30. The molecule has 0 saturated carbocycles. The minimum Gasteiger partial charge on any atom is -0.397 e. The molecule has 0 atom stereocenters. The molecule has 0 amide bonds. The van der Waals surface area contributed by atoms with E-state index in [0.717, 1.165) is 11.4 Å². The van der Waals surface area contributed by atoms with Crippen LogP contribution in [0, 0.1) is 3.57 Å². The van der Waals surface area contributed by atoms with Crippen molar-refractivity contribution in [2.45, 2.75) is 0 Å². The Morgan fingerprint density at radius 1 is 1.36 bits per heavy atom. The fourth-order valence-electron chi connectivity index (χ4n) is 0.904. The lowest BCUT2D eigenvalue weighted by Crippen LogP contribution is -2.11. The summed E-state index contributed by atoms with van der Waals surface area (Å²) in [6.45, 7) is 0. The highest BCUT2D eigenvalue weighted by atomic mass is 127. The van der Waals surface area contributed by atoms with Crippen LogP contribution in [0.5, 0.6) is 0 Å². The van der Waals surface area contributed by atoms with Crippen molar-refractivity contribution in [3.63, 3.8) is 0 Å². The zero-order valence-corrected chi connectivity index (χ0v) is 8.79. The molecule has 0 heterocycles. The molecule has 0 aliphatic heterocycles. The summed E-state index contributed by atoms with van der Waals surface area (Å²) in [4.78, 5) is 2.01. The van der Waals surface area contributed by atoms with Crippen LogP contribution < -0.4 is 10.6 Å². The van der Waals surface area contributed by atoms with Crippen molar-refractivity contribution in [1.29, 1.82) is 0 Å². The summed E-state index contributed by atoms with van der Waals surface area (Å²) < 4.78 is 1.21. The fourth-order valence-corrected chi connectivity index (χ4v) is 1.38. The minimum absolute atomic E-state index is 0.829. The van der Waals surface area contributed by atoms with Crippen LogP contribution in [0.15, 0.2) is 18.2 Å². The highest BCUT2D eigenvalue weighted by molar-refractivity contribution is 14.1. The Labute approximate surface area is 80.5 Å². The van der Waals surface area contributed by atoms with Crippen molar-refractivity contribution in [2.24, 2.45) is 0 Å². The SMILES string of the molecule is CN(C)c1cc(I)ccc1N. The lowest BCUT2D eigenvalue weighted by molar-refractivity contribution is 1.13. The van der Waals surface area contributed by atoms with Gasteiger partial charge in [0.2, 0.25) is 0 Å². The molecule has 0 radical (unpaired) electrons. The number of rotatable bonds is 1. The zero-order chi connectivity index (χ0) is 8.43. The van der Waals surface area contributed by atoms with Crippen LogP contribution >= 0.6 is 22.6 Å². The first-order valence-corrected chi connectivity index (χ1v) is 4.41. The van der Waals surface area contributed by atoms with E-state index in [1.807, 2.05) is 31.1 Å². The molecule has 0 unspecified atom stereocenters. The van der Waals surface area contributed by atoms with E-state index in [0.29, 0.717) is 0 Å². The molecule has 0 saturated heterocycles. The second-order valence-electron chi connectivity index (χ2n) is 2.60. The molecule has 11 heavy (non-hydrogen) atoms. The summed E-state index contributed by atoms with van der Waals surface area (Å²) in [5.41, 5.74) is 7.65. The van der Waals surface area contributed by atoms with Gasteiger partial charge in [-0.2, -0.15) is 0 Å². The van der Waals surface area contributed by atoms with E-state index >= 15 is 0 Å². The first kappa shape index (κ1) is 8.64. The van der Waals surface area contributed by atoms with Gasteiger partial charge in [-0.05, 0) is 40.8 Å². The third-order valence-corrected chi connectivity index (χ3v) is 2.15. The maximum atomic E-state index is 5.75. The molecule has 2 nitrogen and oxygen atoms in total. The Morgan fingerprint density at radius 3 is 2.45 bits per heavy atom. The van der Waals surface area contributed by atoms with Gasteiger partial charge in [-0.15, -0.1) is 0 Å². The predicted octanol–water partition coefficient (Wildman–Crippen LogP) is 1.94. The Morgan fingerprint density at radius 2 is 2.00 bits per heavy atom. The molecule has 0 aliphatic rings. The molecule has 1 aromatic carbocycles. The summed E-state index contributed by atoms with van der Waals surface area (Å²) in [7, 11) is 3.98. The molecule has 0 fully saturated rings. The van der Waals surface area contributed by atoms with Crippen molar-refractivity contribution < 1.29 is 0 Å². The molecular weight excluding hydrogens is 251 g/mol. The zero-order valence-electron chi connectivity index (χ0n) is 6.63. The Kier molecular flexibility index (Phi) is 2.59. The van der Waals surface area contributed by atoms with Crippen LogP contribution in [0.4, 0.5) is 11.4 Å². The normalized spacial score (nSPS) is 9.73. The van der Waals surface area contributed by atoms with Gasteiger partial charge in [0.05, 0.1) is 11.4 Å². The summed E-state index contributed by atoms with van der Waals surface area (Å²) >= 11 is 2.27. The van der Waals surface area contributed by atoms with Gasteiger partial charge in [0, 0.05) is 17.7 Å². The van der Waals surface area contributed by atoms with Gasteiger partial charge in [0.1, 0.15) is 0 Å². The standard InChI is InChI=1S/C8H11IN2/c1-11(2)8-5-6(9)3-4-7(8)10/h3-5H,10H2,1-2H3. The quantitative estimate of drug-likeness (QED) is 0.619. The van der Waals surface area contributed by atoms with E-state index in [1.54, 1.807) is 0 Å². The van der Waals surface area contributed by atoms with Gasteiger partial charge >= 0.3 is 0 Å². The topological polar surface area (TPSA) is 29.3 Å². The van der Waals surface area contributed by atoms with Crippen molar-refractivity contribution in [3.05, 3.63) is 21.8 Å². The molecule has 1 rings (SSSR count). The van der Waals surface area contributed by atoms with E-state index in [9.17, 15) is 0 Å². The number of nitrogen functional groups attached to an aromatic ring is 1. The van der Waals surface area contributed by atoms with Crippen LogP contribution in [0.1, 0.15) is 0 Å². The van der Waals surface area contributed by atoms with Gasteiger partial charge in [-0.25, -0.2) is 0 Å². The second-order valence-corrected chi connectivity index (χ2v) is 3.84. The van der Waals surface area contributed by atoms with Crippen LogP contribution in [-0.4, -0.2) is 14.1 Å². The van der Waals surface area contributed by atoms with Gasteiger partial charge in [0.25, 0.3) is 0 Å². The largest absolute Gasteiger partial charge is 0.397 e. The number of halogens is 1. The average Bonchev–Trinajstić information content (AvgIpc) is 1.94. The first-order chi connectivity index (χ1) is 5.11. The number of hydrogen-bond donors (Lipinski definition) is 1. The third kappa shape index (κ3) is 1.99. The number of nitrogens with zero attached hydrogens (tertiary/aromatic N) is 1. The molecule has 2 N–H and O–H groups in total. The Bertz CT molecular complexity index is 258. The number of nitrogens with two attached hydrogens (primary N) is 1. The van der Waals surface area contributed by atoms with E-state index in [4.69, 9.17) is 5.73 Å². The summed E-state index contributed by atoms with van der Waals surface area (Å²) in [5, 5.41) is 0. The van der Waals surface area contributed by atoms with Crippen molar-refractivity contribution in [1.82, 2.24) is 0 Å². The van der Waals surface area contributed by atoms with Gasteiger partial charge in [-0.3, -0.25) is 0 Å². The highest BCUT2D eigenvalue weighted by Gasteiger charge is 2.00. The maximum Gasteiger partial charge on any atom is 0.0605 e. The highest BCUT2D eigenvalue weighted by Crippen LogP contribution is 2.22. The first-order valence-electron chi connectivity index (χ1n) is 3.33. The van der Waals surface area contributed by atoms with Crippen LogP contribution in [0.25, 0.3) is 0 Å². The monoisotopic (exact) mass is 262 g/mol.